The van der Waals surface area contributed by atoms with Crippen LogP contribution in [0.25, 0.3) is 0 Å². The number of benzene rings is 1. The molecule has 2 heterocycles. The summed E-state index contributed by atoms with van der Waals surface area (Å²) in [7, 11) is -4.08. The van der Waals surface area contributed by atoms with Gasteiger partial charge in [0.15, 0.2) is 0 Å². The van der Waals surface area contributed by atoms with Gasteiger partial charge in [0.1, 0.15) is 4.90 Å². The highest BCUT2D eigenvalue weighted by Gasteiger charge is 2.43. The number of hydrogen-bond donors (Lipinski definition) is 1. The lowest BCUT2D eigenvalue weighted by Crippen LogP contribution is -2.54. The van der Waals surface area contributed by atoms with Gasteiger partial charge in [-0.25, -0.2) is 8.42 Å². The molecule has 26 heavy (non-hydrogen) atoms. The number of amides is 1. The number of aryl methyl sites for hydroxylation is 1. The fourth-order valence-electron chi connectivity index (χ4n) is 2.81. The van der Waals surface area contributed by atoms with Crippen molar-refractivity contribution >= 4 is 45.3 Å². The van der Waals surface area contributed by atoms with Crippen LogP contribution in [0, 0.1) is 12.3 Å². The standard InChI is InChI=1S/C17H22ClN3O3S2/c1-5-12-15(22)21(16-19-8-17(3,4)9-20-16)26(23,24)14-6-10(2)11(18)7-13(14)25-12/h6-7,12H,5,8-9H2,1-4H3,(H,19,20). The maximum absolute atomic E-state index is 13.3. The third-order valence-electron chi connectivity index (χ3n) is 4.43. The first kappa shape index (κ1) is 19.5. The van der Waals surface area contributed by atoms with Gasteiger partial charge in [0.05, 0.1) is 5.25 Å². The Bertz CT molecular complexity index is 897. The zero-order valence-corrected chi connectivity index (χ0v) is 17.6. The average Bonchev–Trinajstić information content (AvgIpc) is 2.63. The topological polar surface area (TPSA) is 78.8 Å². The molecule has 0 aliphatic carbocycles. The smallest absolute Gasteiger partial charge is 0.274 e. The van der Waals surface area contributed by atoms with Gasteiger partial charge in [-0.05, 0) is 31.0 Å². The molecule has 0 aromatic heterocycles. The van der Waals surface area contributed by atoms with E-state index in [-0.39, 0.29) is 16.3 Å². The lowest BCUT2D eigenvalue weighted by Gasteiger charge is -2.33. The Balaban J connectivity index is 2.18. The predicted molar refractivity (Wildman–Crippen MR) is 104 cm³/mol. The predicted octanol–water partition coefficient (Wildman–Crippen LogP) is 3.04. The second kappa shape index (κ2) is 6.73. The third kappa shape index (κ3) is 3.34. The Morgan fingerprint density at radius 1 is 1.42 bits per heavy atom. The maximum atomic E-state index is 13.3. The van der Waals surface area contributed by atoms with Crippen LogP contribution in [0.1, 0.15) is 32.8 Å². The highest BCUT2D eigenvalue weighted by atomic mass is 35.5. The van der Waals surface area contributed by atoms with Crippen LogP contribution in [0.15, 0.2) is 26.9 Å². The van der Waals surface area contributed by atoms with E-state index in [4.69, 9.17) is 11.6 Å². The number of hydrogen-bond acceptors (Lipinski definition) is 6. The minimum atomic E-state index is -4.08. The molecule has 1 unspecified atom stereocenters. The van der Waals surface area contributed by atoms with Crippen LogP contribution in [0.3, 0.4) is 0 Å². The van der Waals surface area contributed by atoms with Gasteiger partial charge in [-0.1, -0.05) is 32.4 Å². The molecule has 142 valence electrons. The molecule has 1 amide bonds. The van der Waals surface area contributed by atoms with Crippen molar-refractivity contribution in [2.45, 2.75) is 49.2 Å². The van der Waals surface area contributed by atoms with Gasteiger partial charge in [0.25, 0.3) is 15.9 Å². The Morgan fingerprint density at radius 2 is 2.12 bits per heavy atom. The van der Waals surface area contributed by atoms with Gasteiger partial charge in [-0.3, -0.25) is 9.79 Å². The SMILES string of the molecule is CCC1Sc2cc(Cl)c(C)cc2S(=O)(=O)N(C2=NCC(C)(C)CN2)C1=O. The molecule has 0 fully saturated rings. The van der Waals surface area contributed by atoms with Crippen molar-refractivity contribution in [1.29, 1.82) is 0 Å². The molecule has 1 aromatic rings. The normalized spacial score (nSPS) is 24.3. The van der Waals surface area contributed by atoms with Gasteiger partial charge in [-0.2, -0.15) is 4.31 Å². The summed E-state index contributed by atoms with van der Waals surface area (Å²) >= 11 is 7.43. The Morgan fingerprint density at radius 3 is 2.69 bits per heavy atom. The second-order valence-corrected chi connectivity index (χ2v) is 10.7. The first-order valence-corrected chi connectivity index (χ1v) is 11.1. The number of fused-ring (bicyclic) bond motifs is 1. The molecule has 2 aliphatic rings. The highest BCUT2D eigenvalue weighted by molar-refractivity contribution is 8.02. The summed E-state index contributed by atoms with van der Waals surface area (Å²) in [5.74, 6) is -0.373. The number of halogens is 1. The Hall–Kier alpha value is -1.25. The number of nitrogens with zero attached hydrogens (tertiary/aromatic N) is 2. The van der Waals surface area contributed by atoms with E-state index >= 15 is 0 Å². The largest absolute Gasteiger partial charge is 0.354 e. The first-order valence-electron chi connectivity index (χ1n) is 8.41. The van der Waals surface area contributed by atoms with Crippen LogP contribution in [-0.4, -0.2) is 42.9 Å². The molecule has 1 atom stereocenters. The molecule has 9 heteroatoms. The second-order valence-electron chi connectivity index (χ2n) is 7.33. The number of guanidine groups is 1. The van der Waals surface area contributed by atoms with Crippen LogP contribution < -0.4 is 5.32 Å². The van der Waals surface area contributed by atoms with Crippen molar-refractivity contribution in [3.63, 3.8) is 0 Å². The van der Waals surface area contributed by atoms with Gasteiger partial charge in [0.2, 0.25) is 5.96 Å². The monoisotopic (exact) mass is 415 g/mol. The summed E-state index contributed by atoms with van der Waals surface area (Å²) < 4.78 is 27.5. The molecular weight excluding hydrogens is 394 g/mol. The van der Waals surface area contributed by atoms with E-state index in [1.165, 1.54) is 17.8 Å². The van der Waals surface area contributed by atoms with Gasteiger partial charge >= 0.3 is 0 Å². The number of carbonyl (C=O) groups is 1. The molecule has 0 spiro atoms. The Labute approximate surface area is 163 Å². The molecule has 6 nitrogen and oxygen atoms in total. The molecule has 0 saturated carbocycles. The van der Waals surface area contributed by atoms with Crippen LogP contribution >= 0.6 is 23.4 Å². The molecule has 2 aliphatic heterocycles. The summed E-state index contributed by atoms with van der Waals surface area (Å²) in [4.78, 5) is 18.0. The minimum Gasteiger partial charge on any atom is -0.354 e. The fraction of sp³-hybridized carbons (Fsp3) is 0.529. The zero-order valence-electron chi connectivity index (χ0n) is 15.2. The number of rotatable bonds is 1. The fourth-order valence-corrected chi connectivity index (χ4v) is 6.16. The van der Waals surface area contributed by atoms with Crippen molar-refractivity contribution in [1.82, 2.24) is 9.62 Å². The zero-order chi connectivity index (χ0) is 19.3. The number of thioether (sulfide) groups is 1. The molecular formula is C17H22ClN3O3S2. The van der Waals surface area contributed by atoms with Crippen molar-refractivity contribution < 1.29 is 13.2 Å². The highest BCUT2D eigenvalue weighted by Crippen LogP contribution is 2.40. The van der Waals surface area contributed by atoms with Crippen molar-refractivity contribution in [3.8, 4) is 0 Å². The minimum absolute atomic E-state index is 0.0942. The van der Waals surface area contributed by atoms with Crippen molar-refractivity contribution in [2.75, 3.05) is 13.1 Å². The summed E-state index contributed by atoms with van der Waals surface area (Å²) in [6.07, 6.45) is 0.499. The van der Waals surface area contributed by atoms with E-state index in [9.17, 15) is 13.2 Å². The van der Waals surface area contributed by atoms with Crippen LogP contribution in [0.4, 0.5) is 0 Å². The van der Waals surface area contributed by atoms with Crippen molar-refractivity contribution in [2.24, 2.45) is 10.4 Å². The van der Waals surface area contributed by atoms with Crippen LogP contribution in [-0.2, 0) is 14.8 Å². The molecule has 0 saturated heterocycles. The summed E-state index contributed by atoms with van der Waals surface area (Å²) in [5.41, 5.74) is 0.555. The molecule has 0 bridgehead atoms. The molecule has 0 radical (unpaired) electrons. The average molecular weight is 416 g/mol. The molecule has 1 aromatic carbocycles. The quantitative estimate of drug-likeness (QED) is 0.762. The maximum Gasteiger partial charge on any atom is 0.274 e. The lowest BCUT2D eigenvalue weighted by atomic mass is 9.93. The van der Waals surface area contributed by atoms with Crippen LogP contribution in [0.2, 0.25) is 5.02 Å². The van der Waals surface area contributed by atoms with Crippen LogP contribution in [0.5, 0.6) is 0 Å². The molecule has 3 rings (SSSR count). The van der Waals surface area contributed by atoms with Gasteiger partial charge in [-0.15, -0.1) is 11.8 Å². The number of sulfonamides is 1. The van der Waals surface area contributed by atoms with E-state index in [1.54, 1.807) is 13.0 Å². The van der Waals surface area contributed by atoms with E-state index in [1.807, 2.05) is 20.8 Å². The number of carbonyl (C=O) groups excluding carboxylic acids is 1. The van der Waals surface area contributed by atoms with Crippen molar-refractivity contribution in [3.05, 3.63) is 22.7 Å². The summed E-state index contributed by atoms with van der Waals surface area (Å²) in [5, 5.41) is 2.99. The van der Waals surface area contributed by atoms with Gasteiger partial charge in [0, 0.05) is 28.4 Å². The number of nitrogens with one attached hydrogen (secondary N) is 1. The van der Waals surface area contributed by atoms with Gasteiger partial charge < -0.3 is 5.32 Å². The number of aliphatic imine (C=N–C) groups is 1. The summed E-state index contributed by atoms with van der Waals surface area (Å²) in [6.45, 7) is 8.66. The Kier molecular flexibility index (Phi) is 5.05. The summed E-state index contributed by atoms with van der Waals surface area (Å²) in [6, 6.07) is 3.17. The van der Waals surface area contributed by atoms with E-state index in [0.717, 1.165) is 4.31 Å². The van der Waals surface area contributed by atoms with E-state index in [2.05, 4.69) is 10.3 Å². The third-order valence-corrected chi connectivity index (χ3v) is 8.11. The van der Waals surface area contributed by atoms with E-state index in [0.29, 0.717) is 35.0 Å². The lowest BCUT2D eigenvalue weighted by molar-refractivity contribution is -0.123. The molecule has 1 N–H and O–H groups in total. The van der Waals surface area contributed by atoms with E-state index < -0.39 is 21.2 Å². The first-order chi connectivity index (χ1) is 12.1.